The highest BCUT2D eigenvalue weighted by molar-refractivity contribution is 4.87. The van der Waals surface area contributed by atoms with E-state index < -0.39 is 0 Å². The van der Waals surface area contributed by atoms with Crippen LogP contribution in [0.4, 0.5) is 0 Å². The van der Waals surface area contributed by atoms with Gasteiger partial charge in [-0.3, -0.25) is 0 Å². The number of rotatable bonds is 7. The summed E-state index contributed by atoms with van der Waals surface area (Å²) in [6, 6.07) is 0.558. The molecule has 0 heterocycles. The van der Waals surface area contributed by atoms with E-state index in [1.165, 1.54) is 38.5 Å². The summed E-state index contributed by atoms with van der Waals surface area (Å²) in [5, 5.41) is 13.2. The largest absolute Gasteiger partial charge is 0.392 e. The van der Waals surface area contributed by atoms with Crippen LogP contribution in [0.3, 0.4) is 0 Å². The lowest BCUT2D eigenvalue weighted by atomic mass is 9.79. The summed E-state index contributed by atoms with van der Waals surface area (Å²) in [5.41, 5.74) is 0.407. The van der Waals surface area contributed by atoms with Gasteiger partial charge in [-0.2, -0.15) is 0 Å². The number of nitrogens with zero attached hydrogens (tertiary/aromatic N) is 1. The molecule has 3 nitrogen and oxygen atoms in total. The third kappa shape index (κ3) is 6.73. The monoisotopic (exact) mass is 270 g/mol. The second kappa shape index (κ2) is 8.23. The summed E-state index contributed by atoms with van der Waals surface area (Å²) in [5.74, 6) is 0. The van der Waals surface area contributed by atoms with Gasteiger partial charge >= 0.3 is 0 Å². The molecule has 1 atom stereocenters. The van der Waals surface area contributed by atoms with Crippen molar-refractivity contribution in [2.24, 2.45) is 5.41 Å². The van der Waals surface area contributed by atoms with Crippen LogP contribution in [-0.4, -0.2) is 48.8 Å². The van der Waals surface area contributed by atoms with Crippen molar-refractivity contribution in [2.45, 2.75) is 71.4 Å². The van der Waals surface area contributed by atoms with Gasteiger partial charge in [-0.1, -0.05) is 39.5 Å². The van der Waals surface area contributed by atoms with Gasteiger partial charge in [0.2, 0.25) is 0 Å². The molecular formula is C16H34N2O. The van der Waals surface area contributed by atoms with E-state index in [1.807, 2.05) is 6.92 Å². The lowest BCUT2D eigenvalue weighted by Gasteiger charge is -2.38. The Hall–Kier alpha value is -0.120. The van der Waals surface area contributed by atoms with Gasteiger partial charge in [0.25, 0.3) is 0 Å². The molecular weight excluding hydrogens is 236 g/mol. The minimum atomic E-state index is -0.231. The van der Waals surface area contributed by atoms with E-state index in [4.69, 9.17) is 0 Å². The first kappa shape index (κ1) is 16.9. The molecule has 0 bridgehead atoms. The van der Waals surface area contributed by atoms with E-state index >= 15 is 0 Å². The van der Waals surface area contributed by atoms with Crippen LogP contribution in [-0.2, 0) is 0 Å². The smallest absolute Gasteiger partial charge is 0.0638 e. The minimum Gasteiger partial charge on any atom is -0.392 e. The minimum absolute atomic E-state index is 0.231. The summed E-state index contributed by atoms with van der Waals surface area (Å²) < 4.78 is 0. The average Bonchev–Trinajstić information content (AvgIpc) is 2.51. The van der Waals surface area contributed by atoms with E-state index in [-0.39, 0.29) is 6.10 Å². The molecule has 2 N–H and O–H groups in total. The second-order valence-corrected chi connectivity index (χ2v) is 7.00. The molecule has 1 aliphatic carbocycles. The average molecular weight is 270 g/mol. The molecule has 19 heavy (non-hydrogen) atoms. The van der Waals surface area contributed by atoms with Crippen molar-refractivity contribution in [1.29, 1.82) is 0 Å². The number of likely N-dealkylation sites (N-methyl/N-ethyl adjacent to an activating group) is 1. The SMILES string of the molecule is CC(O)CN(C)CC1(CNC(C)C)CCCCCC1. The molecule has 1 rings (SSSR count). The Balaban J connectivity index is 2.61. The van der Waals surface area contributed by atoms with Crippen LogP contribution in [0.25, 0.3) is 0 Å². The summed E-state index contributed by atoms with van der Waals surface area (Å²) >= 11 is 0. The second-order valence-electron chi connectivity index (χ2n) is 7.00. The quantitative estimate of drug-likeness (QED) is 0.698. The third-order valence-corrected chi connectivity index (χ3v) is 4.23. The Morgan fingerprint density at radius 3 is 2.16 bits per heavy atom. The summed E-state index contributed by atoms with van der Waals surface area (Å²) in [4.78, 5) is 2.32. The number of nitrogens with one attached hydrogen (secondary N) is 1. The van der Waals surface area contributed by atoms with Crippen molar-refractivity contribution < 1.29 is 5.11 Å². The number of hydrogen-bond donors (Lipinski definition) is 2. The molecule has 1 fully saturated rings. The Morgan fingerprint density at radius 1 is 1.11 bits per heavy atom. The molecule has 114 valence electrons. The van der Waals surface area contributed by atoms with Gasteiger partial charge in [-0.25, -0.2) is 0 Å². The predicted molar refractivity (Wildman–Crippen MR) is 82.5 cm³/mol. The van der Waals surface area contributed by atoms with E-state index in [9.17, 15) is 5.11 Å². The standard InChI is InChI=1S/C16H34N2O/c1-14(2)17-12-16(9-7-5-6-8-10-16)13-18(4)11-15(3)19/h14-15,17,19H,5-13H2,1-4H3. The molecule has 0 saturated heterocycles. The lowest BCUT2D eigenvalue weighted by molar-refractivity contribution is 0.0937. The van der Waals surface area contributed by atoms with Crippen LogP contribution in [0, 0.1) is 5.41 Å². The fourth-order valence-corrected chi connectivity index (χ4v) is 3.38. The van der Waals surface area contributed by atoms with Gasteiger partial charge in [0.15, 0.2) is 0 Å². The molecule has 0 aromatic rings. The number of aliphatic hydroxyl groups excluding tert-OH is 1. The number of hydrogen-bond acceptors (Lipinski definition) is 3. The van der Waals surface area contributed by atoms with Crippen molar-refractivity contribution in [3.63, 3.8) is 0 Å². The fourth-order valence-electron chi connectivity index (χ4n) is 3.38. The van der Waals surface area contributed by atoms with Crippen molar-refractivity contribution in [3.05, 3.63) is 0 Å². The normalized spacial score (nSPS) is 21.6. The first-order valence-corrected chi connectivity index (χ1v) is 8.03. The van der Waals surface area contributed by atoms with Gasteiger partial charge in [0.05, 0.1) is 6.10 Å². The van der Waals surface area contributed by atoms with Gasteiger partial charge in [0, 0.05) is 25.7 Å². The topological polar surface area (TPSA) is 35.5 Å². The fraction of sp³-hybridized carbons (Fsp3) is 1.00. The molecule has 0 aromatic heterocycles. The maximum absolute atomic E-state index is 9.55. The maximum atomic E-state index is 9.55. The zero-order valence-corrected chi connectivity index (χ0v) is 13.4. The Morgan fingerprint density at radius 2 is 1.68 bits per heavy atom. The van der Waals surface area contributed by atoms with Crippen molar-refractivity contribution in [3.8, 4) is 0 Å². The Labute approximate surface area is 119 Å². The molecule has 1 unspecified atom stereocenters. The van der Waals surface area contributed by atoms with E-state index in [0.717, 1.165) is 19.6 Å². The van der Waals surface area contributed by atoms with Crippen LogP contribution >= 0.6 is 0 Å². The van der Waals surface area contributed by atoms with Crippen LogP contribution in [0.15, 0.2) is 0 Å². The highest BCUT2D eigenvalue weighted by atomic mass is 16.3. The van der Waals surface area contributed by atoms with Crippen molar-refractivity contribution in [1.82, 2.24) is 10.2 Å². The molecule has 3 heteroatoms. The summed E-state index contributed by atoms with van der Waals surface area (Å²) in [6.07, 6.45) is 7.94. The Bertz CT molecular complexity index is 233. The molecule has 0 aromatic carbocycles. The lowest BCUT2D eigenvalue weighted by Crippen LogP contribution is -2.45. The highest BCUT2D eigenvalue weighted by Crippen LogP contribution is 2.35. The summed E-state index contributed by atoms with van der Waals surface area (Å²) in [7, 11) is 2.15. The molecule has 1 saturated carbocycles. The van der Waals surface area contributed by atoms with Crippen LogP contribution in [0.5, 0.6) is 0 Å². The van der Waals surface area contributed by atoms with Crippen LogP contribution in [0.2, 0.25) is 0 Å². The first-order chi connectivity index (χ1) is 8.93. The van der Waals surface area contributed by atoms with Gasteiger partial charge in [-0.05, 0) is 32.2 Å². The van der Waals surface area contributed by atoms with Crippen LogP contribution < -0.4 is 5.32 Å². The molecule has 0 amide bonds. The van der Waals surface area contributed by atoms with Crippen molar-refractivity contribution >= 4 is 0 Å². The Kier molecular flexibility index (Phi) is 7.33. The summed E-state index contributed by atoms with van der Waals surface area (Å²) in [6.45, 7) is 9.34. The molecule has 0 radical (unpaired) electrons. The van der Waals surface area contributed by atoms with E-state index in [2.05, 4.69) is 31.1 Å². The van der Waals surface area contributed by atoms with Crippen LogP contribution in [0.1, 0.15) is 59.3 Å². The van der Waals surface area contributed by atoms with Gasteiger partial charge in [0.1, 0.15) is 0 Å². The third-order valence-electron chi connectivity index (χ3n) is 4.23. The molecule has 0 aliphatic heterocycles. The number of aliphatic hydroxyl groups is 1. The predicted octanol–water partition coefficient (Wildman–Crippen LogP) is 2.64. The van der Waals surface area contributed by atoms with E-state index in [1.54, 1.807) is 0 Å². The van der Waals surface area contributed by atoms with E-state index in [0.29, 0.717) is 11.5 Å². The van der Waals surface area contributed by atoms with Crippen molar-refractivity contribution in [2.75, 3.05) is 26.7 Å². The van der Waals surface area contributed by atoms with Gasteiger partial charge < -0.3 is 15.3 Å². The first-order valence-electron chi connectivity index (χ1n) is 8.03. The van der Waals surface area contributed by atoms with Gasteiger partial charge in [-0.15, -0.1) is 0 Å². The molecule has 0 spiro atoms. The highest BCUT2D eigenvalue weighted by Gasteiger charge is 2.32. The zero-order chi connectivity index (χ0) is 14.3. The maximum Gasteiger partial charge on any atom is 0.0638 e. The molecule has 1 aliphatic rings. The zero-order valence-electron chi connectivity index (χ0n) is 13.4.